The molecule has 0 saturated carbocycles. The normalized spacial score (nSPS) is 10.2. The third-order valence-corrected chi connectivity index (χ3v) is 2.60. The van der Waals surface area contributed by atoms with Gasteiger partial charge in [0.25, 0.3) is 11.6 Å². The average Bonchev–Trinajstić information content (AvgIpc) is 2.92. The van der Waals surface area contributed by atoms with Crippen molar-refractivity contribution in [1.29, 1.82) is 0 Å². The van der Waals surface area contributed by atoms with Gasteiger partial charge in [-0.05, 0) is 12.1 Å². The molecule has 1 heterocycles. The van der Waals surface area contributed by atoms with Gasteiger partial charge < -0.3 is 11.1 Å². The van der Waals surface area contributed by atoms with Gasteiger partial charge in [-0.3, -0.25) is 20.0 Å². The molecule has 0 aliphatic carbocycles. The molecular weight excluding hydrogens is 264 g/mol. The number of aromatic nitrogens is 3. The fraction of sp³-hybridized carbons (Fsp3) is 0.182. The van der Waals surface area contributed by atoms with Crippen LogP contribution in [-0.4, -0.2) is 32.6 Å². The topological polar surface area (TPSA) is 140 Å². The summed E-state index contributed by atoms with van der Waals surface area (Å²) in [6.07, 6.45) is 1.86. The van der Waals surface area contributed by atoms with Crippen molar-refractivity contribution in [1.82, 2.24) is 20.5 Å². The fourth-order valence-electron chi connectivity index (χ4n) is 1.59. The van der Waals surface area contributed by atoms with Crippen LogP contribution in [0.5, 0.6) is 0 Å². The molecule has 0 unspecified atom stereocenters. The lowest BCUT2D eigenvalue weighted by Gasteiger charge is -2.05. The van der Waals surface area contributed by atoms with Gasteiger partial charge in [-0.15, -0.1) is 0 Å². The Morgan fingerprint density at radius 3 is 2.95 bits per heavy atom. The van der Waals surface area contributed by atoms with Gasteiger partial charge in [0.1, 0.15) is 17.8 Å². The van der Waals surface area contributed by atoms with Gasteiger partial charge in [0.15, 0.2) is 0 Å². The van der Waals surface area contributed by atoms with E-state index < -0.39 is 10.8 Å². The van der Waals surface area contributed by atoms with Gasteiger partial charge in [-0.2, -0.15) is 5.10 Å². The van der Waals surface area contributed by atoms with Crippen LogP contribution in [-0.2, 0) is 6.42 Å². The first-order valence-corrected chi connectivity index (χ1v) is 5.74. The number of nitro groups is 1. The molecule has 0 aliphatic rings. The Kier molecular flexibility index (Phi) is 3.89. The summed E-state index contributed by atoms with van der Waals surface area (Å²) in [6, 6.07) is 3.93. The van der Waals surface area contributed by atoms with E-state index >= 15 is 0 Å². The molecule has 0 bridgehead atoms. The number of hydrogen-bond acceptors (Lipinski definition) is 6. The zero-order valence-electron chi connectivity index (χ0n) is 10.4. The first-order chi connectivity index (χ1) is 9.58. The molecule has 0 fully saturated rings. The minimum absolute atomic E-state index is 0.0215. The zero-order valence-corrected chi connectivity index (χ0v) is 10.4. The van der Waals surface area contributed by atoms with E-state index in [1.165, 1.54) is 18.5 Å². The molecule has 1 amide bonds. The van der Waals surface area contributed by atoms with Gasteiger partial charge in [-0.25, -0.2) is 4.98 Å². The van der Waals surface area contributed by atoms with Gasteiger partial charge >= 0.3 is 0 Å². The van der Waals surface area contributed by atoms with Crippen LogP contribution in [0.4, 0.5) is 11.4 Å². The van der Waals surface area contributed by atoms with Gasteiger partial charge in [0.2, 0.25) is 0 Å². The van der Waals surface area contributed by atoms with Crippen LogP contribution in [0.2, 0.25) is 0 Å². The first kappa shape index (κ1) is 13.5. The molecule has 104 valence electrons. The largest absolute Gasteiger partial charge is 0.393 e. The number of aromatic amines is 1. The van der Waals surface area contributed by atoms with E-state index in [9.17, 15) is 14.9 Å². The van der Waals surface area contributed by atoms with E-state index in [1.807, 2.05) is 0 Å². The van der Waals surface area contributed by atoms with E-state index in [0.717, 1.165) is 6.07 Å². The highest BCUT2D eigenvalue weighted by molar-refractivity contribution is 5.95. The molecule has 4 N–H and O–H groups in total. The summed E-state index contributed by atoms with van der Waals surface area (Å²) < 4.78 is 0. The Hall–Kier alpha value is -2.97. The van der Waals surface area contributed by atoms with Crippen LogP contribution in [0.15, 0.2) is 24.5 Å². The molecule has 9 heteroatoms. The minimum Gasteiger partial charge on any atom is -0.393 e. The molecule has 20 heavy (non-hydrogen) atoms. The molecule has 0 spiro atoms. The summed E-state index contributed by atoms with van der Waals surface area (Å²) in [5, 5.41) is 19.7. The maximum atomic E-state index is 11.8. The third kappa shape index (κ3) is 3.07. The van der Waals surface area contributed by atoms with Crippen molar-refractivity contribution >= 4 is 17.3 Å². The Morgan fingerprint density at radius 2 is 2.30 bits per heavy atom. The number of amides is 1. The molecule has 9 nitrogen and oxygen atoms in total. The number of hydrogen-bond donors (Lipinski definition) is 3. The zero-order chi connectivity index (χ0) is 14.5. The second-order valence-corrected chi connectivity index (χ2v) is 3.97. The Labute approximate surface area is 113 Å². The first-order valence-electron chi connectivity index (χ1n) is 5.74. The number of carbonyl (C=O) groups is 1. The average molecular weight is 276 g/mol. The second kappa shape index (κ2) is 5.78. The van der Waals surface area contributed by atoms with Crippen molar-refractivity contribution < 1.29 is 9.72 Å². The summed E-state index contributed by atoms with van der Waals surface area (Å²) in [7, 11) is 0. The lowest BCUT2D eigenvalue weighted by atomic mass is 10.1. The number of anilines is 1. The number of nitrogens with one attached hydrogen (secondary N) is 2. The fourth-order valence-corrected chi connectivity index (χ4v) is 1.59. The van der Waals surface area contributed by atoms with Crippen molar-refractivity contribution in [3.63, 3.8) is 0 Å². The molecule has 0 aliphatic heterocycles. The molecule has 1 aromatic heterocycles. The SMILES string of the molecule is Nc1ccc(C(=O)NCCc2ncn[nH]2)cc1[N+](=O)[O-]. The molecule has 0 saturated heterocycles. The molecule has 2 rings (SSSR count). The number of benzene rings is 1. The van der Waals surface area contributed by atoms with E-state index in [2.05, 4.69) is 20.5 Å². The van der Waals surface area contributed by atoms with Crippen LogP contribution in [0.25, 0.3) is 0 Å². The Morgan fingerprint density at radius 1 is 1.50 bits per heavy atom. The van der Waals surface area contributed by atoms with Crippen LogP contribution < -0.4 is 11.1 Å². The van der Waals surface area contributed by atoms with Crippen molar-refractivity contribution in [3.05, 3.63) is 46.0 Å². The Bertz CT molecular complexity index is 625. The highest BCUT2D eigenvalue weighted by Gasteiger charge is 2.15. The van der Waals surface area contributed by atoms with Crippen molar-refractivity contribution in [2.75, 3.05) is 12.3 Å². The van der Waals surface area contributed by atoms with E-state index in [1.54, 1.807) is 0 Å². The summed E-state index contributed by atoms with van der Waals surface area (Å²) in [4.78, 5) is 25.9. The maximum absolute atomic E-state index is 11.8. The highest BCUT2D eigenvalue weighted by Crippen LogP contribution is 2.22. The summed E-state index contributed by atoms with van der Waals surface area (Å²) in [6.45, 7) is 0.339. The van der Waals surface area contributed by atoms with E-state index in [0.29, 0.717) is 18.8 Å². The third-order valence-electron chi connectivity index (χ3n) is 2.60. The molecule has 0 atom stereocenters. The quantitative estimate of drug-likeness (QED) is 0.406. The minimum atomic E-state index is -0.624. The monoisotopic (exact) mass is 276 g/mol. The van der Waals surface area contributed by atoms with Gasteiger partial charge in [-0.1, -0.05) is 0 Å². The van der Waals surface area contributed by atoms with E-state index in [4.69, 9.17) is 5.73 Å². The van der Waals surface area contributed by atoms with E-state index in [-0.39, 0.29) is 16.9 Å². The summed E-state index contributed by atoms with van der Waals surface area (Å²) >= 11 is 0. The van der Waals surface area contributed by atoms with Crippen molar-refractivity contribution in [2.45, 2.75) is 6.42 Å². The molecule has 2 aromatic rings. The van der Waals surface area contributed by atoms with Crippen LogP contribution >= 0.6 is 0 Å². The summed E-state index contributed by atoms with van der Waals surface area (Å²) in [5.74, 6) is 0.237. The van der Waals surface area contributed by atoms with Crippen LogP contribution in [0, 0.1) is 10.1 Å². The maximum Gasteiger partial charge on any atom is 0.292 e. The predicted octanol–water partition coefficient (Wildman–Crippen LogP) is 0.268. The number of nitrogens with two attached hydrogens (primary N) is 1. The van der Waals surface area contributed by atoms with Crippen molar-refractivity contribution in [3.8, 4) is 0 Å². The number of rotatable bonds is 5. The number of nitrogen functional groups attached to an aromatic ring is 1. The standard InChI is InChI=1S/C11H12N6O3/c12-8-2-1-7(5-9(8)17(19)20)11(18)13-4-3-10-14-6-15-16-10/h1-2,5-6H,3-4,12H2,(H,13,18)(H,14,15,16). The molecule has 1 aromatic carbocycles. The highest BCUT2D eigenvalue weighted by atomic mass is 16.6. The number of nitrogens with zero attached hydrogens (tertiary/aromatic N) is 3. The Balaban J connectivity index is 1.98. The number of H-pyrrole nitrogens is 1. The van der Waals surface area contributed by atoms with Crippen LogP contribution in [0.3, 0.4) is 0 Å². The summed E-state index contributed by atoms with van der Waals surface area (Å²) in [5.41, 5.74) is 5.38. The number of nitro benzene ring substituents is 1. The molecule has 0 radical (unpaired) electrons. The lowest BCUT2D eigenvalue weighted by Crippen LogP contribution is -2.26. The lowest BCUT2D eigenvalue weighted by molar-refractivity contribution is -0.383. The number of carbonyl (C=O) groups excluding carboxylic acids is 1. The smallest absolute Gasteiger partial charge is 0.292 e. The van der Waals surface area contributed by atoms with Gasteiger partial charge in [0.05, 0.1) is 4.92 Å². The van der Waals surface area contributed by atoms with Crippen LogP contribution in [0.1, 0.15) is 16.2 Å². The molecular formula is C11H12N6O3. The predicted molar refractivity (Wildman–Crippen MR) is 69.9 cm³/mol. The second-order valence-electron chi connectivity index (χ2n) is 3.97. The van der Waals surface area contributed by atoms with Crippen molar-refractivity contribution in [2.24, 2.45) is 0 Å². The van der Waals surface area contributed by atoms with Gasteiger partial charge in [0, 0.05) is 24.6 Å².